The number of nitrogens with zero attached hydrogens (tertiary/aromatic N) is 2. The van der Waals surface area contributed by atoms with Crippen LogP contribution < -0.4 is 5.32 Å². The standard InChI is InChI=1S/C11H13N3O2/c1-14-7-9(6-13-14)12-5-8-3-2-4-10(15)11(8)16/h2-4,6-7,12,15-16H,5H2,1H3. The zero-order chi connectivity index (χ0) is 11.5. The molecule has 0 aliphatic heterocycles. The number of phenols is 2. The zero-order valence-corrected chi connectivity index (χ0v) is 8.88. The fraction of sp³-hybridized carbons (Fsp3) is 0.182. The highest BCUT2D eigenvalue weighted by molar-refractivity contribution is 5.47. The molecule has 1 aromatic carbocycles. The van der Waals surface area contributed by atoms with Gasteiger partial charge in [0.25, 0.3) is 0 Å². The van der Waals surface area contributed by atoms with Gasteiger partial charge < -0.3 is 15.5 Å². The first-order valence-electron chi connectivity index (χ1n) is 4.89. The first kappa shape index (κ1) is 10.4. The molecule has 0 aliphatic rings. The van der Waals surface area contributed by atoms with E-state index in [0.29, 0.717) is 12.1 Å². The third-order valence-corrected chi connectivity index (χ3v) is 2.29. The summed E-state index contributed by atoms with van der Waals surface area (Å²) in [5.74, 6) is -0.190. The predicted molar refractivity (Wildman–Crippen MR) is 60.3 cm³/mol. The Bertz CT molecular complexity index is 494. The number of hydrogen-bond acceptors (Lipinski definition) is 4. The van der Waals surface area contributed by atoms with Crippen LogP contribution in [0.5, 0.6) is 11.5 Å². The molecule has 2 rings (SSSR count). The molecule has 0 amide bonds. The Labute approximate surface area is 93.0 Å². The average molecular weight is 219 g/mol. The summed E-state index contributed by atoms with van der Waals surface area (Å²) in [6.45, 7) is 0.436. The molecule has 0 atom stereocenters. The molecule has 0 radical (unpaired) electrons. The van der Waals surface area contributed by atoms with E-state index in [4.69, 9.17) is 0 Å². The summed E-state index contributed by atoms with van der Waals surface area (Å²) >= 11 is 0. The number of hydrogen-bond donors (Lipinski definition) is 3. The Morgan fingerprint density at radius 3 is 2.88 bits per heavy atom. The average Bonchev–Trinajstić information content (AvgIpc) is 2.67. The topological polar surface area (TPSA) is 70.3 Å². The highest BCUT2D eigenvalue weighted by Gasteiger charge is 2.05. The maximum atomic E-state index is 9.57. The molecule has 84 valence electrons. The van der Waals surface area contributed by atoms with Gasteiger partial charge in [0.1, 0.15) is 0 Å². The van der Waals surface area contributed by atoms with E-state index in [0.717, 1.165) is 5.69 Å². The van der Waals surface area contributed by atoms with Crippen LogP contribution in [0, 0.1) is 0 Å². The summed E-state index contributed by atoms with van der Waals surface area (Å²) in [6, 6.07) is 4.89. The van der Waals surface area contributed by atoms with Crippen molar-refractivity contribution in [3.8, 4) is 11.5 Å². The molecule has 3 N–H and O–H groups in total. The minimum atomic E-state index is -0.106. The number of para-hydroxylation sites is 1. The molecular weight excluding hydrogens is 206 g/mol. The van der Waals surface area contributed by atoms with Crippen molar-refractivity contribution in [2.75, 3.05) is 5.32 Å². The number of phenolic OH excluding ortho intramolecular Hbond substituents is 2. The van der Waals surface area contributed by atoms with Crippen LogP contribution in [-0.2, 0) is 13.6 Å². The van der Waals surface area contributed by atoms with Gasteiger partial charge in [0.05, 0.1) is 11.9 Å². The number of aromatic hydroxyl groups is 2. The van der Waals surface area contributed by atoms with E-state index in [9.17, 15) is 10.2 Å². The normalized spacial score (nSPS) is 10.3. The minimum Gasteiger partial charge on any atom is -0.504 e. The fourth-order valence-corrected chi connectivity index (χ4v) is 1.43. The van der Waals surface area contributed by atoms with Crippen LogP contribution in [0.15, 0.2) is 30.6 Å². The molecule has 0 spiro atoms. The van der Waals surface area contributed by atoms with Gasteiger partial charge in [-0.1, -0.05) is 12.1 Å². The quantitative estimate of drug-likeness (QED) is 0.683. The molecule has 0 saturated heterocycles. The van der Waals surface area contributed by atoms with Crippen molar-refractivity contribution in [3.63, 3.8) is 0 Å². The van der Waals surface area contributed by atoms with Crippen molar-refractivity contribution in [3.05, 3.63) is 36.2 Å². The molecule has 5 heteroatoms. The maximum absolute atomic E-state index is 9.57. The van der Waals surface area contributed by atoms with Crippen LogP contribution in [0.4, 0.5) is 5.69 Å². The third-order valence-electron chi connectivity index (χ3n) is 2.29. The van der Waals surface area contributed by atoms with E-state index < -0.39 is 0 Å². The first-order chi connectivity index (χ1) is 7.66. The molecule has 0 fully saturated rings. The third kappa shape index (κ3) is 2.08. The van der Waals surface area contributed by atoms with Gasteiger partial charge in [-0.15, -0.1) is 0 Å². The zero-order valence-electron chi connectivity index (χ0n) is 8.88. The number of benzene rings is 1. The Hall–Kier alpha value is -2.17. The van der Waals surface area contributed by atoms with Crippen LogP contribution in [-0.4, -0.2) is 20.0 Å². The molecule has 5 nitrogen and oxygen atoms in total. The van der Waals surface area contributed by atoms with Crippen molar-refractivity contribution in [2.24, 2.45) is 7.05 Å². The largest absolute Gasteiger partial charge is 0.504 e. The minimum absolute atomic E-state index is 0.0844. The van der Waals surface area contributed by atoms with Gasteiger partial charge in [-0.05, 0) is 6.07 Å². The Balaban J connectivity index is 2.07. The molecule has 0 unspecified atom stereocenters. The number of aryl methyl sites for hydroxylation is 1. The smallest absolute Gasteiger partial charge is 0.162 e. The van der Waals surface area contributed by atoms with Crippen molar-refractivity contribution in [1.82, 2.24) is 9.78 Å². The molecule has 16 heavy (non-hydrogen) atoms. The van der Waals surface area contributed by atoms with E-state index in [1.807, 2.05) is 13.2 Å². The van der Waals surface area contributed by atoms with Crippen molar-refractivity contribution in [1.29, 1.82) is 0 Å². The monoisotopic (exact) mass is 219 g/mol. The van der Waals surface area contributed by atoms with Gasteiger partial charge in [0.2, 0.25) is 0 Å². The molecule has 1 heterocycles. The van der Waals surface area contributed by atoms with E-state index in [1.54, 1.807) is 23.0 Å². The van der Waals surface area contributed by atoms with Gasteiger partial charge in [-0.3, -0.25) is 4.68 Å². The van der Waals surface area contributed by atoms with Gasteiger partial charge >= 0.3 is 0 Å². The second-order valence-corrected chi connectivity index (χ2v) is 3.54. The Morgan fingerprint density at radius 1 is 1.38 bits per heavy atom. The SMILES string of the molecule is Cn1cc(NCc2cccc(O)c2O)cn1. The van der Waals surface area contributed by atoms with Gasteiger partial charge in [-0.25, -0.2) is 0 Å². The molecule has 1 aromatic heterocycles. The van der Waals surface area contributed by atoms with Gasteiger partial charge in [0.15, 0.2) is 11.5 Å². The summed E-state index contributed by atoms with van der Waals surface area (Å²) in [4.78, 5) is 0. The summed E-state index contributed by atoms with van der Waals surface area (Å²) in [5.41, 5.74) is 1.51. The molecule has 0 aliphatic carbocycles. The summed E-state index contributed by atoms with van der Waals surface area (Å²) < 4.78 is 1.69. The molecule has 0 saturated carbocycles. The van der Waals surface area contributed by atoms with Crippen molar-refractivity contribution in [2.45, 2.75) is 6.54 Å². The number of anilines is 1. The molecule has 2 aromatic rings. The highest BCUT2D eigenvalue weighted by Crippen LogP contribution is 2.28. The fourth-order valence-electron chi connectivity index (χ4n) is 1.43. The first-order valence-corrected chi connectivity index (χ1v) is 4.89. The van der Waals surface area contributed by atoms with Crippen LogP contribution in [0.1, 0.15) is 5.56 Å². The van der Waals surface area contributed by atoms with Crippen LogP contribution in [0.25, 0.3) is 0 Å². The highest BCUT2D eigenvalue weighted by atomic mass is 16.3. The molecular formula is C11H13N3O2. The van der Waals surface area contributed by atoms with E-state index >= 15 is 0 Å². The maximum Gasteiger partial charge on any atom is 0.162 e. The van der Waals surface area contributed by atoms with Gasteiger partial charge in [-0.2, -0.15) is 5.10 Å². The second kappa shape index (κ2) is 4.14. The second-order valence-electron chi connectivity index (χ2n) is 3.54. The number of nitrogens with one attached hydrogen (secondary N) is 1. The van der Waals surface area contributed by atoms with Crippen LogP contribution >= 0.6 is 0 Å². The summed E-state index contributed by atoms with van der Waals surface area (Å²) in [5, 5.41) is 26.0. The Morgan fingerprint density at radius 2 is 2.19 bits per heavy atom. The van der Waals surface area contributed by atoms with E-state index in [2.05, 4.69) is 10.4 Å². The van der Waals surface area contributed by atoms with Gasteiger partial charge in [0, 0.05) is 25.4 Å². The van der Waals surface area contributed by atoms with Crippen LogP contribution in [0.2, 0.25) is 0 Å². The number of aromatic nitrogens is 2. The predicted octanol–water partition coefficient (Wildman–Crippen LogP) is 1.44. The van der Waals surface area contributed by atoms with Crippen molar-refractivity contribution < 1.29 is 10.2 Å². The van der Waals surface area contributed by atoms with Crippen molar-refractivity contribution >= 4 is 5.69 Å². The lowest BCUT2D eigenvalue weighted by atomic mass is 10.2. The van der Waals surface area contributed by atoms with E-state index in [1.165, 1.54) is 6.07 Å². The van der Waals surface area contributed by atoms with E-state index in [-0.39, 0.29) is 11.5 Å². The lowest BCUT2D eigenvalue weighted by Gasteiger charge is -2.06. The Kier molecular flexibility index (Phi) is 2.68. The number of rotatable bonds is 3. The summed E-state index contributed by atoms with van der Waals surface area (Å²) in [7, 11) is 1.83. The lowest BCUT2D eigenvalue weighted by Crippen LogP contribution is -1.98. The summed E-state index contributed by atoms with van der Waals surface area (Å²) in [6.07, 6.45) is 3.53. The lowest BCUT2D eigenvalue weighted by molar-refractivity contribution is 0.400. The van der Waals surface area contributed by atoms with Crippen LogP contribution in [0.3, 0.4) is 0 Å². The molecule has 0 bridgehead atoms.